The van der Waals surface area contributed by atoms with Crippen molar-refractivity contribution in [2.75, 3.05) is 0 Å². The summed E-state index contributed by atoms with van der Waals surface area (Å²) in [5.41, 5.74) is 1.30. The van der Waals surface area contributed by atoms with Crippen LogP contribution in [0, 0.1) is 22.7 Å². The number of ether oxygens (including phenoxy) is 1. The molecule has 9 nitrogen and oxygen atoms in total. The standard InChI is InChI=1S/C23H32O5.C8H6O4.C5H12/c1-23(2,17-6-10-19(24)11-7-17)18-8-12-20(13-9-18)28-22(27)16-5-3-4-15(14-16)21(25)26;9-7(10)5-1-2-6(4-3-5)8(11)12;1-5(2,3)4/h3-5,14,17-20,24H,6-13H2,1-2H3,(H,25,26);1-4H,(H,9,10)(H,11,12);1-4H3. The summed E-state index contributed by atoms with van der Waals surface area (Å²) in [6.07, 6.45) is 7.60. The predicted molar refractivity (Wildman–Crippen MR) is 172 cm³/mol. The molecule has 4 rings (SSSR count). The van der Waals surface area contributed by atoms with E-state index in [-0.39, 0.29) is 34.3 Å². The summed E-state index contributed by atoms with van der Waals surface area (Å²) in [4.78, 5) is 44.2. The van der Waals surface area contributed by atoms with Crippen molar-refractivity contribution in [3.8, 4) is 0 Å². The fourth-order valence-corrected chi connectivity index (χ4v) is 5.83. The summed E-state index contributed by atoms with van der Waals surface area (Å²) < 4.78 is 5.67. The largest absolute Gasteiger partial charge is 0.478 e. The van der Waals surface area contributed by atoms with Crippen molar-refractivity contribution < 1.29 is 44.3 Å². The van der Waals surface area contributed by atoms with Crippen molar-refractivity contribution in [3.63, 3.8) is 0 Å². The van der Waals surface area contributed by atoms with Crippen LogP contribution < -0.4 is 0 Å². The molecular weight excluding hydrogens is 576 g/mol. The molecule has 4 N–H and O–H groups in total. The zero-order valence-corrected chi connectivity index (χ0v) is 27.4. The van der Waals surface area contributed by atoms with Gasteiger partial charge in [0.15, 0.2) is 0 Å². The quantitative estimate of drug-likeness (QED) is 0.225. The summed E-state index contributed by atoms with van der Waals surface area (Å²) >= 11 is 0. The molecular formula is C36H50O9. The van der Waals surface area contributed by atoms with Crippen LogP contribution in [-0.4, -0.2) is 56.5 Å². The maximum absolute atomic E-state index is 12.4. The number of carbonyl (C=O) groups is 4. The number of hydrogen-bond acceptors (Lipinski definition) is 6. The van der Waals surface area contributed by atoms with Crippen LogP contribution in [0.15, 0.2) is 48.5 Å². The number of carboxylic acids is 3. The van der Waals surface area contributed by atoms with Gasteiger partial charge in [0.2, 0.25) is 0 Å². The maximum Gasteiger partial charge on any atom is 0.338 e. The first-order valence-corrected chi connectivity index (χ1v) is 15.7. The van der Waals surface area contributed by atoms with Crippen molar-refractivity contribution in [3.05, 3.63) is 70.8 Å². The van der Waals surface area contributed by atoms with Gasteiger partial charge in [-0.3, -0.25) is 0 Å². The van der Waals surface area contributed by atoms with Gasteiger partial charge in [0, 0.05) is 0 Å². The van der Waals surface area contributed by atoms with E-state index in [9.17, 15) is 24.3 Å². The molecule has 9 heteroatoms. The second kappa shape index (κ2) is 16.5. The van der Waals surface area contributed by atoms with Gasteiger partial charge in [-0.2, -0.15) is 0 Å². The van der Waals surface area contributed by atoms with Gasteiger partial charge in [-0.05, 0) is 116 Å². The number of hydrogen-bond donors (Lipinski definition) is 4. The first-order chi connectivity index (χ1) is 20.9. The molecule has 0 amide bonds. The van der Waals surface area contributed by atoms with E-state index in [1.165, 1.54) is 36.4 Å². The monoisotopic (exact) mass is 626 g/mol. The molecule has 2 aliphatic rings. The average molecular weight is 627 g/mol. The summed E-state index contributed by atoms with van der Waals surface area (Å²) in [5.74, 6) is -2.35. The third kappa shape index (κ3) is 12.7. The molecule has 2 fully saturated rings. The maximum atomic E-state index is 12.4. The van der Waals surface area contributed by atoms with E-state index in [4.69, 9.17) is 20.1 Å². The van der Waals surface area contributed by atoms with Crippen LogP contribution in [0.5, 0.6) is 0 Å². The number of aliphatic hydroxyl groups is 1. The third-order valence-corrected chi connectivity index (χ3v) is 8.47. The average Bonchev–Trinajstić information content (AvgIpc) is 2.97. The lowest BCUT2D eigenvalue weighted by atomic mass is 9.60. The number of esters is 1. The van der Waals surface area contributed by atoms with Crippen molar-refractivity contribution in [1.29, 1.82) is 0 Å². The van der Waals surface area contributed by atoms with E-state index in [1.807, 2.05) is 0 Å². The van der Waals surface area contributed by atoms with Gasteiger partial charge in [0.25, 0.3) is 0 Å². The van der Waals surface area contributed by atoms with Crippen LogP contribution in [0.1, 0.15) is 134 Å². The van der Waals surface area contributed by atoms with Gasteiger partial charge in [-0.15, -0.1) is 0 Å². The number of carbonyl (C=O) groups excluding carboxylic acids is 1. The summed E-state index contributed by atoms with van der Waals surface area (Å²) in [7, 11) is 0. The Labute approximate surface area is 266 Å². The molecule has 2 saturated carbocycles. The molecule has 0 unspecified atom stereocenters. The molecule has 248 valence electrons. The third-order valence-electron chi connectivity index (χ3n) is 8.47. The molecule has 0 saturated heterocycles. The fraction of sp³-hybridized carbons (Fsp3) is 0.556. The van der Waals surface area contributed by atoms with Crippen LogP contribution in [0.2, 0.25) is 0 Å². The first kappa shape index (κ1) is 37.5. The molecule has 2 aromatic carbocycles. The van der Waals surface area contributed by atoms with E-state index in [2.05, 4.69) is 41.5 Å². The van der Waals surface area contributed by atoms with E-state index in [0.29, 0.717) is 22.8 Å². The Balaban J connectivity index is 0.000000342. The molecule has 0 aliphatic heterocycles. The van der Waals surface area contributed by atoms with E-state index in [0.717, 1.165) is 51.4 Å². The minimum Gasteiger partial charge on any atom is -0.478 e. The Morgan fingerprint density at radius 3 is 1.38 bits per heavy atom. The number of aromatic carboxylic acids is 3. The van der Waals surface area contributed by atoms with E-state index in [1.54, 1.807) is 12.1 Å². The summed E-state index contributed by atoms with van der Waals surface area (Å²) in [6.45, 7) is 13.5. The zero-order valence-electron chi connectivity index (χ0n) is 27.4. The van der Waals surface area contributed by atoms with Gasteiger partial charge in [0.05, 0.1) is 28.4 Å². The highest BCUT2D eigenvalue weighted by Gasteiger charge is 2.40. The van der Waals surface area contributed by atoms with Crippen LogP contribution in [0.25, 0.3) is 0 Å². The molecule has 0 bridgehead atoms. The zero-order chi connectivity index (χ0) is 33.9. The number of aliphatic hydroxyl groups excluding tert-OH is 1. The minimum atomic E-state index is -1.06. The minimum absolute atomic E-state index is 0.0833. The molecule has 2 aliphatic carbocycles. The van der Waals surface area contributed by atoms with Crippen LogP contribution >= 0.6 is 0 Å². The number of rotatable bonds is 7. The van der Waals surface area contributed by atoms with Crippen LogP contribution in [-0.2, 0) is 4.74 Å². The normalized spacial score (nSPS) is 21.6. The Morgan fingerprint density at radius 1 is 0.600 bits per heavy atom. The molecule has 45 heavy (non-hydrogen) atoms. The van der Waals surface area contributed by atoms with Gasteiger partial charge in [0.1, 0.15) is 6.10 Å². The van der Waals surface area contributed by atoms with Crippen molar-refractivity contribution in [2.24, 2.45) is 22.7 Å². The Morgan fingerprint density at radius 2 is 0.978 bits per heavy atom. The summed E-state index contributed by atoms with van der Waals surface area (Å²) in [5, 5.41) is 35.8. The fourth-order valence-electron chi connectivity index (χ4n) is 5.83. The van der Waals surface area contributed by atoms with E-state index >= 15 is 0 Å². The topological polar surface area (TPSA) is 158 Å². The van der Waals surface area contributed by atoms with Gasteiger partial charge < -0.3 is 25.2 Å². The highest BCUT2D eigenvalue weighted by molar-refractivity contribution is 5.94. The molecule has 0 atom stereocenters. The van der Waals surface area contributed by atoms with Gasteiger partial charge in [-0.1, -0.05) is 47.6 Å². The lowest BCUT2D eigenvalue weighted by Gasteiger charge is -2.46. The highest BCUT2D eigenvalue weighted by atomic mass is 16.5. The highest BCUT2D eigenvalue weighted by Crippen LogP contribution is 2.48. The molecule has 2 aromatic rings. The van der Waals surface area contributed by atoms with Gasteiger partial charge in [-0.25, -0.2) is 19.2 Å². The first-order valence-electron chi connectivity index (χ1n) is 15.7. The second-order valence-corrected chi connectivity index (χ2v) is 14.3. The molecule has 0 aromatic heterocycles. The Hall–Kier alpha value is -3.72. The predicted octanol–water partition coefficient (Wildman–Crippen LogP) is 7.81. The Kier molecular flexibility index (Phi) is 13.8. The lowest BCUT2D eigenvalue weighted by Crippen LogP contribution is -2.39. The molecule has 0 radical (unpaired) electrons. The number of carboxylic acid groups (broad SMARTS) is 3. The van der Waals surface area contributed by atoms with E-state index < -0.39 is 23.9 Å². The Bertz CT molecular complexity index is 1240. The lowest BCUT2D eigenvalue weighted by molar-refractivity contribution is -0.0129. The summed E-state index contributed by atoms with van der Waals surface area (Å²) in [6, 6.07) is 11.0. The van der Waals surface area contributed by atoms with Crippen molar-refractivity contribution in [1.82, 2.24) is 0 Å². The van der Waals surface area contributed by atoms with Crippen LogP contribution in [0.3, 0.4) is 0 Å². The van der Waals surface area contributed by atoms with Crippen molar-refractivity contribution in [2.45, 2.75) is 105 Å². The SMILES string of the molecule is CC(C)(C)C.CC(C)(C1CCC(O)CC1)C1CCC(OC(=O)c2cccc(C(=O)O)c2)CC1.O=C(O)c1ccc(C(=O)O)cc1. The smallest absolute Gasteiger partial charge is 0.338 e. The number of benzene rings is 2. The molecule has 0 heterocycles. The van der Waals surface area contributed by atoms with Crippen LogP contribution in [0.4, 0.5) is 0 Å². The second-order valence-electron chi connectivity index (χ2n) is 14.3. The van der Waals surface area contributed by atoms with Crippen molar-refractivity contribution >= 4 is 23.9 Å². The molecule has 0 spiro atoms. The van der Waals surface area contributed by atoms with Gasteiger partial charge >= 0.3 is 23.9 Å².